The van der Waals surface area contributed by atoms with Gasteiger partial charge >= 0.3 is 0 Å². The molecule has 122 valence electrons. The minimum absolute atomic E-state index is 0.0296. The van der Waals surface area contributed by atoms with Crippen molar-refractivity contribution in [2.75, 3.05) is 20.3 Å². The lowest BCUT2D eigenvalue weighted by molar-refractivity contribution is -0.156. The summed E-state index contributed by atoms with van der Waals surface area (Å²) in [5.41, 5.74) is -0.856. The van der Waals surface area contributed by atoms with Gasteiger partial charge in [0.05, 0.1) is 0 Å². The molecule has 0 aromatic carbocycles. The number of carbonyl (C=O) groups is 2. The van der Waals surface area contributed by atoms with Gasteiger partial charge in [0.2, 0.25) is 11.8 Å². The summed E-state index contributed by atoms with van der Waals surface area (Å²) in [6, 6.07) is -0.362. The summed E-state index contributed by atoms with van der Waals surface area (Å²) in [5, 5.41) is 2.90. The molecule has 0 aliphatic carbocycles. The Balaban J connectivity index is 2.98. The van der Waals surface area contributed by atoms with Crippen molar-refractivity contribution >= 4 is 11.8 Å². The maximum atomic E-state index is 12.8. The second kappa shape index (κ2) is 6.77. The van der Waals surface area contributed by atoms with Crippen LogP contribution in [0.1, 0.15) is 53.9 Å². The first-order valence-corrected chi connectivity index (χ1v) is 7.83. The molecule has 2 unspecified atom stereocenters. The average Bonchev–Trinajstić information content (AvgIpc) is 2.42. The van der Waals surface area contributed by atoms with Crippen LogP contribution in [0.2, 0.25) is 0 Å². The fourth-order valence-electron chi connectivity index (χ4n) is 2.75. The van der Waals surface area contributed by atoms with Crippen molar-refractivity contribution in [2.45, 2.75) is 65.5 Å². The molecule has 0 saturated carbocycles. The number of ether oxygens (including phenoxy) is 1. The molecule has 1 N–H and O–H groups in total. The Morgan fingerprint density at radius 3 is 2.43 bits per heavy atom. The second-order valence-electron chi connectivity index (χ2n) is 6.94. The molecule has 21 heavy (non-hydrogen) atoms. The lowest BCUT2D eigenvalue weighted by Crippen LogP contribution is -2.69. The van der Waals surface area contributed by atoms with Crippen molar-refractivity contribution in [1.82, 2.24) is 10.2 Å². The van der Waals surface area contributed by atoms with Crippen molar-refractivity contribution in [1.29, 1.82) is 0 Å². The molecule has 2 amide bonds. The van der Waals surface area contributed by atoms with Crippen LogP contribution in [0.5, 0.6) is 0 Å². The van der Waals surface area contributed by atoms with Crippen molar-refractivity contribution in [3.05, 3.63) is 0 Å². The molecule has 1 fully saturated rings. The summed E-state index contributed by atoms with van der Waals surface area (Å²) in [6.07, 6.45) is 2.09. The molecule has 0 spiro atoms. The number of nitrogens with zero attached hydrogens (tertiary/aromatic N) is 1. The topological polar surface area (TPSA) is 58.6 Å². The first-order valence-electron chi connectivity index (χ1n) is 7.83. The van der Waals surface area contributed by atoms with E-state index in [0.29, 0.717) is 26.0 Å². The SMILES string of the molecule is CCC1C(=O)NC(C)(CC)C(=O)N1CC(C)(C)CCOC. The second-order valence-corrected chi connectivity index (χ2v) is 6.94. The Labute approximate surface area is 128 Å². The lowest BCUT2D eigenvalue weighted by Gasteiger charge is -2.46. The molecule has 0 aromatic heterocycles. The molecule has 0 radical (unpaired) electrons. The lowest BCUT2D eigenvalue weighted by atomic mass is 9.85. The summed E-state index contributed by atoms with van der Waals surface area (Å²) in [7, 11) is 1.68. The Morgan fingerprint density at radius 2 is 1.95 bits per heavy atom. The highest BCUT2D eigenvalue weighted by Crippen LogP contribution is 2.29. The monoisotopic (exact) mass is 298 g/mol. The van der Waals surface area contributed by atoms with Crippen LogP contribution in [-0.4, -0.2) is 48.6 Å². The Hall–Kier alpha value is -1.10. The Bertz CT molecular complexity index is 395. The van der Waals surface area contributed by atoms with Crippen molar-refractivity contribution in [3.63, 3.8) is 0 Å². The van der Waals surface area contributed by atoms with E-state index in [0.717, 1.165) is 6.42 Å². The highest BCUT2D eigenvalue weighted by atomic mass is 16.5. The molecule has 1 saturated heterocycles. The maximum Gasteiger partial charge on any atom is 0.248 e. The molecular weight excluding hydrogens is 268 g/mol. The van der Waals surface area contributed by atoms with E-state index in [-0.39, 0.29) is 23.3 Å². The van der Waals surface area contributed by atoms with E-state index in [1.165, 1.54) is 0 Å². The molecule has 1 rings (SSSR count). The van der Waals surface area contributed by atoms with Gasteiger partial charge in [0.1, 0.15) is 11.6 Å². The van der Waals surface area contributed by atoms with Crippen LogP contribution < -0.4 is 5.32 Å². The van der Waals surface area contributed by atoms with Crippen LogP contribution in [0.4, 0.5) is 0 Å². The molecule has 2 atom stereocenters. The molecule has 1 heterocycles. The van der Waals surface area contributed by atoms with E-state index in [1.807, 2.05) is 20.8 Å². The number of carbonyl (C=O) groups excluding carboxylic acids is 2. The van der Waals surface area contributed by atoms with Gasteiger partial charge in [0.25, 0.3) is 0 Å². The van der Waals surface area contributed by atoms with Gasteiger partial charge < -0.3 is 15.0 Å². The first-order chi connectivity index (χ1) is 9.70. The number of methoxy groups -OCH3 is 1. The van der Waals surface area contributed by atoms with Gasteiger partial charge in [-0.2, -0.15) is 0 Å². The fraction of sp³-hybridized carbons (Fsp3) is 0.875. The van der Waals surface area contributed by atoms with E-state index in [4.69, 9.17) is 4.74 Å². The van der Waals surface area contributed by atoms with E-state index >= 15 is 0 Å². The van der Waals surface area contributed by atoms with Crippen LogP contribution in [0.25, 0.3) is 0 Å². The highest BCUT2D eigenvalue weighted by molar-refractivity contribution is 5.99. The zero-order valence-electron chi connectivity index (χ0n) is 14.3. The number of hydrogen-bond acceptors (Lipinski definition) is 3. The number of hydrogen-bond donors (Lipinski definition) is 1. The molecule has 5 heteroatoms. The minimum atomic E-state index is -0.778. The van der Waals surface area contributed by atoms with Gasteiger partial charge in [0.15, 0.2) is 0 Å². The average molecular weight is 298 g/mol. The molecule has 0 bridgehead atoms. The predicted octanol–water partition coefficient (Wildman–Crippen LogP) is 1.95. The third-order valence-corrected chi connectivity index (χ3v) is 4.49. The van der Waals surface area contributed by atoms with Gasteiger partial charge in [-0.3, -0.25) is 9.59 Å². The van der Waals surface area contributed by atoms with Crippen molar-refractivity contribution < 1.29 is 14.3 Å². The Kier molecular flexibility index (Phi) is 5.79. The number of piperazine rings is 1. The molecule has 5 nitrogen and oxygen atoms in total. The van der Waals surface area contributed by atoms with E-state index in [1.54, 1.807) is 12.0 Å². The summed E-state index contributed by atoms with van der Waals surface area (Å²) >= 11 is 0. The number of nitrogens with one attached hydrogen (secondary N) is 1. The minimum Gasteiger partial charge on any atom is -0.385 e. The van der Waals surface area contributed by atoms with Gasteiger partial charge in [-0.25, -0.2) is 0 Å². The smallest absolute Gasteiger partial charge is 0.248 e. The summed E-state index contributed by atoms with van der Waals surface area (Å²) in [6.45, 7) is 11.2. The van der Waals surface area contributed by atoms with Gasteiger partial charge in [0, 0.05) is 20.3 Å². The third kappa shape index (κ3) is 3.96. The van der Waals surface area contributed by atoms with Crippen LogP contribution >= 0.6 is 0 Å². The quantitative estimate of drug-likeness (QED) is 0.781. The van der Waals surface area contributed by atoms with Crippen LogP contribution in [0.3, 0.4) is 0 Å². The van der Waals surface area contributed by atoms with E-state index in [9.17, 15) is 9.59 Å². The maximum absolute atomic E-state index is 12.8. The highest BCUT2D eigenvalue weighted by Gasteiger charge is 2.47. The first kappa shape index (κ1) is 18.0. The summed E-state index contributed by atoms with van der Waals surface area (Å²) < 4.78 is 5.15. The summed E-state index contributed by atoms with van der Waals surface area (Å²) in [5.74, 6) is -0.00840. The molecule has 1 aliphatic rings. The van der Waals surface area contributed by atoms with Crippen molar-refractivity contribution in [3.8, 4) is 0 Å². The van der Waals surface area contributed by atoms with Crippen LogP contribution in [0, 0.1) is 5.41 Å². The van der Waals surface area contributed by atoms with E-state index < -0.39 is 5.54 Å². The van der Waals surface area contributed by atoms with Crippen LogP contribution in [-0.2, 0) is 14.3 Å². The van der Waals surface area contributed by atoms with Gasteiger partial charge in [-0.15, -0.1) is 0 Å². The van der Waals surface area contributed by atoms with Gasteiger partial charge in [-0.05, 0) is 31.6 Å². The zero-order valence-corrected chi connectivity index (χ0v) is 14.3. The normalized spacial score (nSPS) is 27.0. The fourth-order valence-corrected chi connectivity index (χ4v) is 2.75. The standard InChI is InChI=1S/C16H30N2O3/c1-7-12-13(19)17-16(5,8-2)14(20)18(12)11-15(3,4)9-10-21-6/h12H,7-11H2,1-6H3,(H,17,19). The molecule has 1 aliphatic heterocycles. The third-order valence-electron chi connectivity index (χ3n) is 4.49. The molecular formula is C16H30N2O3. The van der Waals surface area contributed by atoms with Gasteiger partial charge in [-0.1, -0.05) is 27.7 Å². The van der Waals surface area contributed by atoms with E-state index in [2.05, 4.69) is 19.2 Å². The van der Waals surface area contributed by atoms with Crippen molar-refractivity contribution in [2.24, 2.45) is 5.41 Å². The molecule has 0 aromatic rings. The largest absolute Gasteiger partial charge is 0.385 e. The van der Waals surface area contributed by atoms with Crippen LogP contribution in [0.15, 0.2) is 0 Å². The predicted molar refractivity (Wildman–Crippen MR) is 82.9 cm³/mol. The Morgan fingerprint density at radius 1 is 1.33 bits per heavy atom. The zero-order chi connectivity index (χ0) is 16.3. The number of amides is 2. The number of rotatable bonds is 7. The summed E-state index contributed by atoms with van der Waals surface area (Å²) in [4.78, 5) is 26.9.